The lowest BCUT2D eigenvalue weighted by Crippen LogP contribution is -2.26. The minimum absolute atomic E-state index is 0.647. The van der Waals surface area contributed by atoms with Crippen molar-refractivity contribution in [2.75, 3.05) is 23.3 Å². The van der Waals surface area contributed by atoms with Crippen molar-refractivity contribution in [1.82, 2.24) is 15.2 Å². The molecule has 1 aliphatic rings. The smallest absolute Gasteiger partial charge is 0.251 e. The van der Waals surface area contributed by atoms with Crippen LogP contribution in [0.3, 0.4) is 0 Å². The molecule has 0 radical (unpaired) electrons. The van der Waals surface area contributed by atoms with Gasteiger partial charge in [-0.1, -0.05) is 41.9 Å². The molecule has 0 bridgehead atoms. The van der Waals surface area contributed by atoms with E-state index in [1.807, 2.05) is 24.3 Å². The van der Waals surface area contributed by atoms with E-state index in [1.165, 1.54) is 16.8 Å². The van der Waals surface area contributed by atoms with Crippen molar-refractivity contribution in [2.24, 2.45) is 0 Å². The maximum absolute atomic E-state index is 5.92. The molecule has 1 aromatic heterocycles. The number of anilines is 3. The standard InChI is InChI=1S/C20H20ClN5/c21-17-9-7-15(8-10-17)11-12-22-19-14-23-25-20(24-19)26-13-3-5-16-4-1-2-6-18(16)26/h1-2,4,6-10,14H,3,5,11-13H2,(H,22,24,25). The van der Waals surface area contributed by atoms with Gasteiger partial charge in [-0.05, 0) is 48.6 Å². The van der Waals surface area contributed by atoms with Gasteiger partial charge in [-0.25, -0.2) is 0 Å². The molecule has 2 aromatic carbocycles. The summed E-state index contributed by atoms with van der Waals surface area (Å²) in [6.45, 7) is 1.68. The zero-order valence-corrected chi connectivity index (χ0v) is 15.2. The van der Waals surface area contributed by atoms with E-state index < -0.39 is 0 Å². The molecule has 132 valence electrons. The molecule has 0 aliphatic carbocycles. The second kappa shape index (κ2) is 7.70. The summed E-state index contributed by atoms with van der Waals surface area (Å²) in [5.41, 5.74) is 3.75. The van der Waals surface area contributed by atoms with Crippen LogP contribution in [0.4, 0.5) is 17.5 Å². The average Bonchev–Trinajstić information content (AvgIpc) is 2.69. The molecule has 1 N–H and O–H groups in total. The third-order valence-corrected chi connectivity index (χ3v) is 4.78. The molecule has 0 spiro atoms. The zero-order chi connectivity index (χ0) is 17.8. The van der Waals surface area contributed by atoms with Crippen LogP contribution in [0.2, 0.25) is 5.02 Å². The van der Waals surface area contributed by atoms with Crippen molar-refractivity contribution in [2.45, 2.75) is 19.3 Å². The van der Waals surface area contributed by atoms with E-state index in [0.29, 0.717) is 5.95 Å². The number of para-hydroxylation sites is 1. The van der Waals surface area contributed by atoms with Gasteiger partial charge in [0.15, 0.2) is 5.82 Å². The molecule has 6 heteroatoms. The molecule has 1 aliphatic heterocycles. The Morgan fingerprint density at radius 1 is 1.08 bits per heavy atom. The molecule has 26 heavy (non-hydrogen) atoms. The highest BCUT2D eigenvalue weighted by Gasteiger charge is 2.20. The number of nitrogens with zero attached hydrogens (tertiary/aromatic N) is 4. The van der Waals surface area contributed by atoms with Gasteiger partial charge in [0.05, 0.1) is 6.20 Å². The molecule has 4 rings (SSSR count). The van der Waals surface area contributed by atoms with Gasteiger partial charge in [0, 0.05) is 23.8 Å². The monoisotopic (exact) mass is 365 g/mol. The van der Waals surface area contributed by atoms with Crippen molar-refractivity contribution < 1.29 is 0 Å². The first-order valence-electron chi connectivity index (χ1n) is 8.83. The van der Waals surface area contributed by atoms with E-state index in [4.69, 9.17) is 11.6 Å². The summed E-state index contributed by atoms with van der Waals surface area (Å²) in [6, 6.07) is 16.3. The van der Waals surface area contributed by atoms with Crippen LogP contribution in [0.25, 0.3) is 0 Å². The molecule has 3 aromatic rings. The number of benzene rings is 2. The van der Waals surface area contributed by atoms with E-state index in [1.54, 1.807) is 6.20 Å². The predicted molar refractivity (Wildman–Crippen MR) is 105 cm³/mol. The van der Waals surface area contributed by atoms with Gasteiger partial charge in [-0.2, -0.15) is 10.1 Å². The van der Waals surface area contributed by atoms with Crippen LogP contribution in [0.15, 0.2) is 54.7 Å². The average molecular weight is 366 g/mol. The fourth-order valence-electron chi connectivity index (χ4n) is 3.22. The number of aryl methyl sites for hydroxylation is 1. The Kier molecular flexibility index (Phi) is 4.97. The second-order valence-corrected chi connectivity index (χ2v) is 6.77. The largest absolute Gasteiger partial charge is 0.368 e. The molecule has 0 fully saturated rings. The second-order valence-electron chi connectivity index (χ2n) is 6.33. The van der Waals surface area contributed by atoms with Gasteiger partial charge >= 0.3 is 0 Å². The maximum atomic E-state index is 5.92. The van der Waals surface area contributed by atoms with Crippen LogP contribution in [0.1, 0.15) is 17.5 Å². The van der Waals surface area contributed by atoms with Crippen molar-refractivity contribution in [1.29, 1.82) is 0 Å². The van der Waals surface area contributed by atoms with Crippen molar-refractivity contribution in [3.8, 4) is 0 Å². The minimum Gasteiger partial charge on any atom is -0.368 e. The van der Waals surface area contributed by atoms with Crippen LogP contribution >= 0.6 is 11.6 Å². The lowest BCUT2D eigenvalue weighted by Gasteiger charge is -2.29. The van der Waals surface area contributed by atoms with Gasteiger partial charge in [-0.15, -0.1) is 5.10 Å². The summed E-state index contributed by atoms with van der Waals surface area (Å²) in [7, 11) is 0. The van der Waals surface area contributed by atoms with Crippen LogP contribution in [0, 0.1) is 0 Å². The lowest BCUT2D eigenvalue weighted by molar-refractivity contribution is 0.741. The highest BCUT2D eigenvalue weighted by molar-refractivity contribution is 6.30. The topological polar surface area (TPSA) is 53.9 Å². The molecule has 0 saturated carbocycles. The number of rotatable bonds is 5. The molecule has 0 saturated heterocycles. The third kappa shape index (κ3) is 3.78. The van der Waals surface area contributed by atoms with Crippen molar-refractivity contribution in [3.05, 3.63) is 70.9 Å². The van der Waals surface area contributed by atoms with E-state index >= 15 is 0 Å². The minimum atomic E-state index is 0.647. The quantitative estimate of drug-likeness (QED) is 0.732. The van der Waals surface area contributed by atoms with Crippen molar-refractivity contribution in [3.63, 3.8) is 0 Å². The third-order valence-electron chi connectivity index (χ3n) is 4.53. The summed E-state index contributed by atoms with van der Waals surface area (Å²) in [6.07, 6.45) is 4.75. The first kappa shape index (κ1) is 16.8. The summed E-state index contributed by atoms with van der Waals surface area (Å²) < 4.78 is 0. The molecule has 0 unspecified atom stereocenters. The Morgan fingerprint density at radius 3 is 2.81 bits per heavy atom. The van der Waals surface area contributed by atoms with Crippen LogP contribution in [-0.2, 0) is 12.8 Å². The first-order chi connectivity index (χ1) is 12.8. The van der Waals surface area contributed by atoms with Crippen LogP contribution < -0.4 is 10.2 Å². The number of fused-ring (bicyclic) bond motifs is 1. The van der Waals surface area contributed by atoms with Gasteiger partial charge < -0.3 is 10.2 Å². The number of hydrogen-bond donors (Lipinski definition) is 1. The normalized spacial score (nSPS) is 13.3. The Labute approximate surface area is 158 Å². The molecule has 0 atom stereocenters. The van der Waals surface area contributed by atoms with Gasteiger partial charge in [0.2, 0.25) is 0 Å². The number of aromatic nitrogens is 3. The van der Waals surface area contributed by atoms with Crippen LogP contribution in [0.5, 0.6) is 0 Å². The molecule has 2 heterocycles. The van der Waals surface area contributed by atoms with E-state index in [2.05, 4.69) is 49.7 Å². The van der Waals surface area contributed by atoms with E-state index in [9.17, 15) is 0 Å². The zero-order valence-electron chi connectivity index (χ0n) is 14.4. The number of hydrogen-bond acceptors (Lipinski definition) is 5. The lowest BCUT2D eigenvalue weighted by atomic mass is 10.0. The molecular weight excluding hydrogens is 346 g/mol. The summed E-state index contributed by atoms with van der Waals surface area (Å²) >= 11 is 5.92. The number of halogens is 1. The summed E-state index contributed by atoms with van der Waals surface area (Å²) in [5.74, 6) is 1.39. The molecule has 0 amide bonds. The Hall–Kier alpha value is -2.66. The fourth-order valence-corrected chi connectivity index (χ4v) is 3.35. The van der Waals surface area contributed by atoms with Crippen molar-refractivity contribution >= 4 is 29.1 Å². The molecular formula is C20H20ClN5. The Morgan fingerprint density at radius 2 is 1.92 bits per heavy atom. The first-order valence-corrected chi connectivity index (χ1v) is 9.21. The number of nitrogens with one attached hydrogen (secondary N) is 1. The van der Waals surface area contributed by atoms with Gasteiger partial charge in [-0.3, -0.25) is 0 Å². The summed E-state index contributed by atoms with van der Waals surface area (Å²) in [5, 5.41) is 12.5. The maximum Gasteiger partial charge on any atom is 0.251 e. The molecule has 5 nitrogen and oxygen atoms in total. The fraction of sp³-hybridized carbons (Fsp3) is 0.250. The van der Waals surface area contributed by atoms with E-state index in [-0.39, 0.29) is 0 Å². The van der Waals surface area contributed by atoms with Crippen LogP contribution in [-0.4, -0.2) is 28.3 Å². The predicted octanol–water partition coefficient (Wildman–Crippen LogP) is 4.26. The van der Waals surface area contributed by atoms with E-state index in [0.717, 1.165) is 43.2 Å². The SMILES string of the molecule is Clc1ccc(CCNc2cnnc(N3CCCc4ccccc43)n2)cc1. The van der Waals surface area contributed by atoms with Gasteiger partial charge in [0.25, 0.3) is 5.95 Å². The highest BCUT2D eigenvalue weighted by atomic mass is 35.5. The van der Waals surface area contributed by atoms with Gasteiger partial charge in [0.1, 0.15) is 0 Å². The highest BCUT2D eigenvalue weighted by Crippen LogP contribution is 2.31. The Balaban J connectivity index is 1.45. The Bertz CT molecular complexity index is 881. The summed E-state index contributed by atoms with van der Waals surface area (Å²) in [4.78, 5) is 6.81.